The van der Waals surface area contributed by atoms with E-state index in [9.17, 15) is 29.7 Å². The second-order valence-corrected chi connectivity index (χ2v) is 10.8. The van der Waals surface area contributed by atoms with E-state index in [0.29, 0.717) is 0 Å². The molecule has 0 radical (unpaired) electrons. The molecule has 3 amide bonds. The van der Waals surface area contributed by atoms with Gasteiger partial charge in [0.2, 0.25) is 17.7 Å². The van der Waals surface area contributed by atoms with Crippen LogP contribution >= 0.6 is 0 Å². The van der Waals surface area contributed by atoms with Crippen molar-refractivity contribution in [2.45, 2.75) is 68.1 Å². The first-order chi connectivity index (χ1) is 22.1. The number of amides is 3. The Bertz CT molecular complexity index is 908. The average Bonchev–Trinajstić information content (AvgIpc) is 3.04. The Balaban J connectivity index is 2.23. The van der Waals surface area contributed by atoms with Crippen LogP contribution in [0.3, 0.4) is 0 Å². The van der Waals surface area contributed by atoms with Gasteiger partial charge in [0.05, 0.1) is 25.4 Å². The van der Waals surface area contributed by atoms with Gasteiger partial charge in [-0.05, 0) is 6.42 Å². The lowest BCUT2D eigenvalue weighted by molar-refractivity contribution is -0.329. The fraction of sp³-hybridized carbons (Fsp3) is 0.889. The summed E-state index contributed by atoms with van der Waals surface area (Å²) in [4.78, 5) is 36.8. The molecule has 2 rings (SSSR count). The molecule has 0 aromatic rings. The molecule has 10 atom stereocenters. The second kappa shape index (κ2) is 21.7. The van der Waals surface area contributed by atoms with Crippen molar-refractivity contribution in [3.8, 4) is 0 Å². The van der Waals surface area contributed by atoms with Crippen LogP contribution in [0.1, 0.15) is 12.8 Å². The highest BCUT2D eigenvalue weighted by molar-refractivity contribution is 5.77. The third-order valence-electron chi connectivity index (χ3n) is 7.37. The first-order valence-electron chi connectivity index (χ1n) is 15.2. The zero-order valence-electron chi connectivity index (χ0n) is 26.4. The predicted octanol–water partition coefficient (Wildman–Crippen LogP) is -5.78. The van der Waals surface area contributed by atoms with Crippen molar-refractivity contribution >= 4 is 17.7 Å². The van der Waals surface area contributed by atoms with Crippen LogP contribution in [0.25, 0.3) is 0 Å². The Morgan fingerprint density at radius 3 is 1.74 bits per heavy atom. The molecular formula is C27H52N6O13. The molecular weight excluding hydrogens is 616 g/mol. The number of carbonyl (C=O) groups is 3. The van der Waals surface area contributed by atoms with Crippen molar-refractivity contribution in [3.63, 3.8) is 0 Å². The van der Waals surface area contributed by atoms with Crippen molar-refractivity contribution in [1.82, 2.24) is 16.0 Å². The van der Waals surface area contributed by atoms with E-state index < -0.39 is 86.3 Å². The molecule has 0 aliphatic carbocycles. The Kier molecular flexibility index (Phi) is 18.9. The Hall–Kier alpha value is -2.11. The minimum atomic E-state index is -1.56. The van der Waals surface area contributed by atoms with Crippen LogP contribution in [0.2, 0.25) is 0 Å². The van der Waals surface area contributed by atoms with Crippen molar-refractivity contribution in [3.05, 3.63) is 0 Å². The molecule has 0 bridgehead atoms. The Morgan fingerprint density at radius 1 is 0.674 bits per heavy atom. The molecule has 19 heteroatoms. The van der Waals surface area contributed by atoms with Gasteiger partial charge in [-0.2, -0.15) is 0 Å². The number of hydrogen-bond acceptors (Lipinski definition) is 16. The minimum Gasteiger partial charge on any atom is -0.387 e. The topological polar surface area (TPSA) is 291 Å². The van der Waals surface area contributed by atoms with Crippen LogP contribution in [-0.4, -0.2) is 168 Å². The fourth-order valence-corrected chi connectivity index (χ4v) is 5.10. The maximum absolute atomic E-state index is 12.4. The summed E-state index contributed by atoms with van der Waals surface area (Å²) in [5, 5.41) is 40.7. The average molecular weight is 669 g/mol. The smallest absolute Gasteiger partial charge is 0.246 e. The molecule has 2 aliphatic heterocycles. The largest absolute Gasteiger partial charge is 0.387 e. The van der Waals surface area contributed by atoms with Gasteiger partial charge in [-0.1, -0.05) is 0 Å². The van der Waals surface area contributed by atoms with Gasteiger partial charge in [0, 0.05) is 65.8 Å². The van der Waals surface area contributed by atoms with E-state index in [1.54, 1.807) is 0 Å². The van der Waals surface area contributed by atoms with E-state index in [1.165, 1.54) is 14.2 Å². The molecule has 2 aliphatic rings. The minimum absolute atomic E-state index is 0.000911. The quantitative estimate of drug-likeness (QED) is 0.0550. The van der Waals surface area contributed by atoms with Gasteiger partial charge in [0.1, 0.15) is 43.7 Å². The lowest BCUT2D eigenvalue weighted by atomic mass is 9.85. The molecule has 2 saturated heterocycles. The number of methoxy groups -OCH3 is 2. The van der Waals surface area contributed by atoms with Crippen LogP contribution in [-0.2, 0) is 47.5 Å². The summed E-state index contributed by atoms with van der Waals surface area (Å²) in [6.45, 7) is 0.151. The summed E-state index contributed by atoms with van der Waals surface area (Å²) in [5.41, 5.74) is 16.3. The van der Waals surface area contributed by atoms with Gasteiger partial charge in [-0.25, -0.2) is 0 Å². The maximum Gasteiger partial charge on any atom is 0.246 e. The molecule has 19 nitrogen and oxygen atoms in total. The van der Waals surface area contributed by atoms with Crippen LogP contribution in [0, 0.1) is 5.92 Å². The fourth-order valence-electron chi connectivity index (χ4n) is 5.10. The van der Waals surface area contributed by atoms with Crippen LogP contribution in [0.15, 0.2) is 0 Å². The van der Waals surface area contributed by atoms with E-state index in [1.807, 2.05) is 0 Å². The van der Waals surface area contributed by atoms with Crippen LogP contribution in [0.5, 0.6) is 0 Å². The lowest BCUT2D eigenvalue weighted by Gasteiger charge is -2.45. The molecule has 268 valence electrons. The number of nitrogens with one attached hydrogen (secondary N) is 3. The van der Waals surface area contributed by atoms with Gasteiger partial charge in [-0.3, -0.25) is 14.4 Å². The highest BCUT2D eigenvalue weighted by Crippen LogP contribution is 2.34. The zero-order valence-corrected chi connectivity index (χ0v) is 26.4. The molecule has 12 N–H and O–H groups in total. The zero-order chi connectivity index (χ0) is 34.1. The van der Waals surface area contributed by atoms with Crippen molar-refractivity contribution in [1.29, 1.82) is 0 Å². The molecule has 0 aromatic carbocycles. The summed E-state index contributed by atoms with van der Waals surface area (Å²) in [7, 11) is 2.71. The van der Waals surface area contributed by atoms with Crippen molar-refractivity contribution in [2.75, 3.05) is 79.9 Å². The molecule has 0 spiro atoms. The van der Waals surface area contributed by atoms with E-state index in [2.05, 4.69) is 16.0 Å². The van der Waals surface area contributed by atoms with E-state index in [4.69, 9.17) is 50.4 Å². The number of aliphatic hydroxyl groups excluding tert-OH is 3. The molecule has 46 heavy (non-hydrogen) atoms. The summed E-state index contributed by atoms with van der Waals surface area (Å²) in [6, 6.07) is 0. The van der Waals surface area contributed by atoms with Gasteiger partial charge >= 0.3 is 0 Å². The molecule has 2 fully saturated rings. The van der Waals surface area contributed by atoms with Crippen molar-refractivity contribution in [2.24, 2.45) is 23.1 Å². The predicted molar refractivity (Wildman–Crippen MR) is 159 cm³/mol. The van der Waals surface area contributed by atoms with Gasteiger partial charge in [0.25, 0.3) is 0 Å². The molecule has 2 heterocycles. The third-order valence-corrected chi connectivity index (χ3v) is 7.37. The summed E-state index contributed by atoms with van der Waals surface area (Å²) >= 11 is 0. The summed E-state index contributed by atoms with van der Waals surface area (Å²) in [5.74, 6) is -1.98. The summed E-state index contributed by atoms with van der Waals surface area (Å²) < 4.78 is 39.6. The molecule has 0 unspecified atom stereocenters. The third kappa shape index (κ3) is 12.5. The number of nitrogens with two attached hydrogens (primary N) is 3. The van der Waals surface area contributed by atoms with Crippen LogP contribution in [0.4, 0.5) is 0 Å². The second-order valence-electron chi connectivity index (χ2n) is 10.8. The molecule has 0 aromatic heterocycles. The van der Waals surface area contributed by atoms with E-state index in [-0.39, 0.29) is 71.2 Å². The number of aliphatic hydroxyl groups is 3. The highest BCUT2D eigenvalue weighted by atomic mass is 16.7. The number of carbonyl (C=O) groups excluding carboxylic acids is 3. The van der Waals surface area contributed by atoms with E-state index >= 15 is 0 Å². The van der Waals surface area contributed by atoms with Gasteiger partial charge in [0.15, 0.2) is 12.6 Å². The SMILES string of the molecule is COC[C@H]1O[C@H](OC[C@H]2O[C@H](OC)[C@H](O)[C@@H](OCC(=O)NCCN)[C@@H]2CCC(=O)NCCN)[C@H](O)[C@@H](OCC(=O)NCCN)[C@@H]1O. The van der Waals surface area contributed by atoms with Gasteiger partial charge < -0.3 is 81.6 Å². The Morgan fingerprint density at radius 2 is 1.20 bits per heavy atom. The summed E-state index contributed by atoms with van der Waals surface area (Å²) in [6.07, 6.45) is -11.0. The first kappa shape index (κ1) is 40.1. The number of rotatable bonds is 21. The van der Waals surface area contributed by atoms with Gasteiger partial charge in [-0.15, -0.1) is 0 Å². The number of hydrogen-bond donors (Lipinski definition) is 9. The van der Waals surface area contributed by atoms with Crippen molar-refractivity contribution < 1.29 is 62.9 Å². The monoisotopic (exact) mass is 668 g/mol. The van der Waals surface area contributed by atoms with Crippen LogP contribution < -0.4 is 33.2 Å². The Labute approximate surface area is 268 Å². The van der Waals surface area contributed by atoms with E-state index in [0.717, 1.165) is 0 Å². The molecule has 0 saturated carbocycles. The first-order valence-corrected chi connectivity index (χ1v) is 15.2. The highest BCUT2D eigenvalue weighted by Gasteiger charge is 2.49. The number of ether oxygens (including phenoxy) is 7. The standard InChI is InChI=1S/C27H52N6O13/c1-40-11-17-21(37)25(43-14-20(36)33-10-7-30)23(39)27(46-17)44-12-16-15(3-4-18(34)31-8-5-28)24(22(38)26(41-2)45-16)42-13-19(35)32-9-6-29/h15-17,21-27,37-39H,3-14,28-30H2,1-2H3,(H,31,34)(H,32,35)(H,33,36)/t15-,16-,17-,21-,22-,23-,24+,25+,26+,27+/m1/s1. The normalized spacial score (nSPS) is 31.3. The maximum atomic E-state index is 12.4. The lowest BCUT2D eigenvalue weighted by Crippen LogP contribution is -2.62.